The van der Waals surface area contributed by atoms with Gasteiger partial charge in [0.2, 0.25) is 0 Å². The zero-order valence-corrected chi connectivity index (χ0v) is 13.1. The second-order valence-corrected chi connectivity index (χ2v) is 5.43. The molecule has 3 aromatic carbocycles. The van der Waals surface area contributed by atoms with Gasteiger partial charge in [0.05, 0.1) is 11.3 Å². The third-order valence-corrected chi connectivity index (χ3v) is 3.75. The van der Waals surface area contributed by atoms with Gasteiger partial charge in [-0.3, -0.25) is 4.79 Å². The fourth-order valence-electron chi connectivity index (χ4n) is 2.41. The van der Waals surface area contributed by atoms with Gasteiger partial charge >= 0.3 is 5.97 Å². The lowest BCUT2D eigenvalue weighted by Crippen LogP contribution is -2.12. The molecule has 0 atom stereocenters. The van der Waals surface area contributed by atoms with Gasteiger partial charge in [-0.1, -0.05) is 42.5 Å². The minimum absolute atomic E-state index is 0.0530. The predicted octanol–water partition coefficient (Wildman–Crippen LogP) is 4.01. The summed E-state index contributed by atoms with van der Waals surface area (Å²) in [5.74, 6) is -1.84. The fraction of sp³-hybridized carbons (Fsp3) is 0. The molecule has 0 aliphatic heterocycles. The van der Waals surface area contributed by atoms with E-state index in [4.69, 9.17) is 5.11 Å². The number of phenolic OH excluding ortho intramolecular Hbond substituents is 1. The Labute approximate surface area is 144 Å². The molecule has 3 rings (SSSR count). The van der Waals surface area contributed by atoms with Crippen LogP contribution in [-0.2, 0) is 0 Å². The van der Waals surface area contributed by atoms with E-state index in [0.29, 0.717) is 5.56 Å². The molecule has 5 heteroatoms. The van der Waals surface area contributed by atoms with E-state index in [1.807, 2.05) is 42.5 Å². The SMILES string of the molecule is O=C(O)c1ccc(NC(=O)c2ccc(-c3ccccc3)cc2)c(O)c1. The highest BCUT2D eigenvalue weighted by Crippen LogP contribution is 2.25. The summed E-state index contributed by atoms with van der Waals surface area (Å²) in [7, 11) is 0. The Kier molecular flexibility index (Phi) is 4.48. The van der Waals surface area contributed by atoms with Crippen molar-refractivity contribution in [3.63, 3.8) is 0 Å². The standard InChI is InChI=1S/C20H15NO4/c22-18-12-16(20(24)25)10-11-17(18)21-19(23)15-8-6-14(7-9-15)13-4-2-1-3-5-13/h1-12,22H,(H,21,23)(H,24,25). The number of rotatable bonds is 4. The Hall–Kier alpha value is -3.60. The van der Waals surface area contributed by atoms with E-state index in [1.54, 1.807) is 12.1 Å². The highest BCUT2D eigenvalue weighted by atomic mass is 16.4. The summed E-state index contributed by atoms with van der Waals surface area (Å²) in [6, 6.07) is 20.6. The summed E-state index contributed by atoms with van der Waals surface area (Å²) in [4.78, 5) is 23.2. The molecule has 0 saturated carbocycles. The smallest absolute Gasteiger partial charge is 0.335 e. The fourth-order valence-corrected chi connectivity index (χ4v) is 2.41. The zero-order chi connectivity index (χ0) is 17.8. The molecule has 25 heavy (non-hydrogen) atoms. The van der Waals surface area contributed by atoms with E-state index < -0.39 is 11.9 Å². The van der Waals surface area contributed by atoms with Gasteiger partial charge in [0, 0.05) is 5.56 Å². The van der Waals surface area contributed by atoms with Crippen LogP contribution in [0.25, 0.3) is 11.1 Å². The van der Waals surface area contributed by atoms with Crippen molar-refractivity contribution in [2.75, 3.05) is 5.32 Å². The Morgan fingerprint density at radius 2 is 1.36 bits per heavy atom. The van der Waals surface area contributed by atoms with Crippen molar-refractivity contribution >= 4 is 17.6 Å². The Balaban J connectivity index is 1.77. The number of hydrogen-bond acceptors (Lipinski definition) is 3. The maximum absolute atomic E-state index is 12.3. The van der Waals surface area contributed by atoms with E-state index >= 15 is 0 Å². The lowest BCUT2D eigenvalue weighted by atomic mass is 10.0. The number of anilines is 1. The maximum atomic E-state index is 12.3. The van der Waals surface area contributed by atoms with Crippen molar-refractivity contribution in [1.82, 2.24) is 0 Å². The number of carbonyl (C=O) groups is 2. The van der Waals surface area contributed by atoms with Crippen LogP contribution in [0.3, 0.4) is 0 Å². The lowest BCUT2D eigenvalue weighted by molar-refractivity contribution is 0.0696. The number of phenols is 1. The summed E-state index contributed by atoms with van der Waals surface area (Å²) in [6.45, 7) is 0. The van der Waals surface area contributed by atoms with Gasteiger partial charge < -0.3 is 15.5 Å². The van der Waals surface area contributed by atoms with Crippen molar-refractivity contribution in [3.8, 4) is 16.9 Å². The Bertz CT molecular complexity index is 918. The van der Waals surface area contributed by atoms with Crippen LogP contribution in [0.15, 0.2) is 72.8 Å². The van der Waals surface area contributed by atoms with Crippen LogP contribution in [-0.4, -0.2) is 22.1 Å². The van der Waals surface area contributed by atoms with E-state index in [2.05, 4.69) is 5.32 Å². The first kappa shape index (κ1) is 16.3. The summed E-state index contributed by atoms with van der Waals surface area (Å²) in [5.41, 5.74) is 2.58. The molecule has 0 spiro atoms. The van der Waals surface area contributed by atoms with E-state index in [0.717, 1.165) is 17.2 Å². The number of nitrogens with one attached hydrogen (secondary N) is 1. The molecule has 0 heterocycles. The van der Waals surface area contributed by atoms with Gasteiger partial charge in [-0.15, -0.1) is 0 Å². The van der Waals surface area contributed by atoms with Crippen LogP contribution in [0.4, 0.5) is 5.69 Å². The summed E-state index contributed by atoms with van der Waals surface area (Å²) in [5, 5.41) is 21.3. The number of aromatic hydroxyl groups is 1. The van der Waals surface area contributed by atoms with Crippen LogP contribution in [0.5, 0.6) is 5.75 Å². The second kappa shape index (κ2) is 6.88. The molecule has 0 aliphatic carbocycles. The molecule has 0 aromatic heterocycles. The van der Waals surface area contributed by atoms with E-state index in [1.165, 1.54) is 12.1 Å². The number of amides is 1. The van der Waals surface area contributed by atoms with Crippen molar-refractivity contribution in [2.45, 2.75) is 0 Å². The molecular weight excluding hydrogens is 318 g/mol. The Morgan fingerprint density at radius 3 is 1.96 bits per heavy atom. The molecule has 0 bridgehead atoms. The van der Waals surface area contributed by atoms with Gasteiger partial charge in [0.25, 0.3) is 5.91 Å². The molecular formula is C20H15NO4. The minimum atomic E-state index is -1.15. The summed E-state index contributed by atoms with van der Waals surface area (Å²) in [6.07, 6.45) is 0. The molecule has 0 aliphatic rings. The first-order valence-corrected chi connectivity index (χ1v) is 7.58. The number of hydrogen-bond donors (Lipinski definition) is 3. The van der Waals surface area contributed by atoms with Crippen molar-refractivity contribution < 1.29 is 19.8 Å². The van der Waals surface area contributed by atoms with Gasteiger partial charge in [-0.05, 0) is 41.5 Å². The van der Waals surface area contributed by atoms with Crippen LogP contribution >= 0.6 is 0 Å². The first-order chi connectivity index (χ1) is 12.0. The van der Waals surface area contributed by atoms with E-state index in [-0.39, 0.29) is 17.0 Å². The highest BCUT2D eigenvalue weighted by Gasteiger charge is 2.12. The molecule has 3 N–H and O–H groups in total. The highest BCUT2D eigenvalue weighted by molar-refractivity contribution is 6.05. The van der Waals surface area contributed by atoms with E-state index in [9.17, 15) is 14.7 Å². The van der Waals surface area contributed by atoms with Gasteiger partial charge in [0.1, 0.15) is 5.75 Å². The number of carboxylic acid groups (broad SMARTS) is 1. The number of aromatic carboxylic acids is 1. The molecule has 3 aromatic rings. The quantitative estimate of drug-likeness (QED) is 0.630. The molecule has 1 amide bonds. The van der Waals surface area contributed by atoms with Crippen LogP contribution in [0, 0.1) is 0 Å². The zero-order valence-electron chi connectivity index (χ0n) is 13.1. The van der Waals surface area contributed by atoms with Crippen molar-refractivity contribution in [1.29, 1.82) is 0 Å². The predicted molar refractivity (Wildman–Crippen MR) is 94.9 cm³/mol. The Morgan fingerprint density at radius 1 is 0.760 bits per heavy atom. The lowest BCUT2D eigenvalue weighted by Gasteiger charge is -2.09. The number of benzene rings is 3. The number of carbonyl (C=O) groups excluding carboxylic acids is 1. The largest absolute Gasteiger partial charge is 0.506 e. The molecule has 5 nitrogen and oxygen atoms in total. The number of carboxylic acids is 1. The maximum Gasteiger partial charge on any atom is 0.335 e. The van der Waals surface area contributed by atoms with Gasteiger partial charge in [-0.25, -0.2) is 4.79 Å². The first-order valence-electron chi connectivity index (χ1n) is 7.58. The average molecular weight is 333 g/mol. The molecule has 124 valence electrons. The van der Waals surface area contributed by atoms with Crippen molar-refractivity contribution in [2.24, 2.45) is 0 Å². The summed E-state index contributed by atoms with van der Waals surface area (Å²) < 4.78 is 0. The van der Waals surface area contributed by atoms with Crippen molar-refractivity contribution in [3.05, 3.63) is 83.9 Å². The topological polar surface area (TPSA) is 86.6 Å². The second-order valence-electron chi connectivity index (χ2n) is 5.43. The van der Waals surface area contributed by atoms with Gasteiger partial charge in [0.15, 0.2) is 0 Å². The molecule has 0 saturated heterocycles. The normalized spacial score (nSPS) is 10.2. The minimum Gasteiger partial charge on any atom is -0.506 e. The van der Waals surface area contributed by atoms with Crippen LogP contribution in [0.2, 0.25) is 0 Å². The third-order valence-electron chi connectivity index (χ3n) is 3.75. The van der Waals surface area contributed by atoms with Crippen LogP contribution < -0.4 is 5.32 Å². The summed E-state index contributed by atoms with van der Waals surface area (Å²) >= 11 is 0. The average Bonchev–Trinajstić information content (AvgIpc) is 2.64. The van der Waals surface area contributed by atoms with Gasteiger partial charge in [-0.2, -0.15) is 0 Å². The van der Waals surface area contributed by atoms with Crippen LogP contribution in [0.1, 0.15) is 20.7 Å². The molecule has 0 unspecified atom stereocenters. The monoisotopic (exact) mass is 333 g/mol. The molecule has 0 fully saturated rings. The third kappa shape index (κ3) is 3.67. The molecule has 0 radical (unpaired) electrons.